The number of likely N-dealkylation sites (tertiary alicyclic amines) is 1. The Hall–Kier alpha value is -0.910. The molecule has 0 radical (unpaired) electrons. The van der Waals surface area contributed by atoms with Gasteiger partial charge in [0.15, 0.2) is 9.84 Å². The zero-order valence-corrected chi connectivity index (χ0v) is 11.5. The van der Waals surface area contributed by atoms with E-state index in [2.05, 4.69) is 0 Å². The number of carbonyl (C=O) groups excluding carboxylic acids is 2. The van der Waals surface area contributed by atoms with Gasteiger partial charge in [-0.05, 0) is 13.8 Å². The van der Waals surface area contributed by atoms with Crippen molar-refractivity contribution in [2.75, 3.05) is 19.3 Å². The highest BCUT2D eigenvalue weighted by Crippen LogP contribution is 2.22. The highest BCUT2D eigenvalue weighted by molar-refractivity contribution is 7.92. The van der Waals surface area contributed by atoms with Crippen LogP contribution < -0.4 is 0 Å². The van der Waals surface area contributed by atoms with E-state index < -0.39 is 20.5 Å². The van der Waals surface area contributed by atoms with E-state index in [-0.39, 0.29) is 11.7 Å². The maximum absolute atomic E-state index is 12.2. The molecule has 0 saturated carbocycles. The van der Waals surface area contributed by atoms with E-state index in [1.165, 1.54) is 18.7 Å². The summed E-state index contributed by atoms with van der Waals surface area (Å²) in [6.45, 7) is 5.21. The first-order chi connectivity index (χ1) is 7.57. The molecule has 5 nitrogen and oxygen atoms in total. The molecule has 6 heteroatoms. The lowest BCUT2D eigenvalue weighted by Crippen LogP contribution is -2.53. The predicted octanol–water partition coefficient (Wildman–Crippen LogP) is 0.247. The summed E-state index contributed by atoms with van der Waals surface area (Å²) in [5.41, 5.74) is 0. The van der Waals surface area contributed by atoms with Crippen LogP contribution in [0, 0.1) is 5.92 Å². The summed E-state index contributed by atoms with van der Waals surface area (Å²) in [5, 5.41) is 0. The van der Waals surface area contributed by atoms with E-state index in [0.717, 1.165) is 6.26 Å². The van der Waals surface area contributed by atoms with E-state index in [4.69, 9.17) is 0 Å². The fourth-order valence-electron chi connectivity index (χ4n) is 1.74. The monoisotopic (exact) mass is 261 g/mol. The van der Waals surface area contributed by atoms with Crippen molar-refractivity contribution < 1.29 is 18.0 Å². The Bertz CT molecular complexity index is 438. The highest BCUT2D eigenvalue weighted by Gasteiger charge is 2.42. The summed E-state index contributed by atoms with van der Waals surface area (Å²) in [5.74, 6) is -0.492. The molecule has 1 unspecified atom stereocenters. The average Bonchev–Trinajstić information content (AvgIpc) is 2.19. The van der Waals surface area contributed by atoms with Gasteiger partial charge in [0, 0.05) is 31.7 Å². The van der Waals surface area contributed by atoms with Gasteiger partial charge in [0.2, 0.25) is 5.91 Å². The molecular formula is C11H19NO4S. The summed E-state index contributed by atoms with van der Waals surface area (Å²) in [6, 6.07) is 0. The Balaban J connectivity index is 2.89. The van der Waals surface area contributed by atoms with Gasteiger partial charge in [0.1, 0.15) is 10.5 Å². The molecule has 0 spiro atoms. The fourth-order valence-corrected chi connectivity index (χ4v) is 2.19. The largest absolute Gasteiger partial charge is 0.340 e. The molecule has 1 atom stereocenters. The first-order valence-electron chi connectivity index (χ1n) is 5.59. The van der Waals surface area contributed by atoms with Crippen LogP contribution in [0.1, 0.15) is 27.2 Å². The van der Waals surface area contributed by atoms with Crippen LogP contribution in [0.2, 0.25) is 0 Å². The van der Waals surface area contributed by atoms with E-state index >= 15 is 0 Å². The van der Waals surface area contributed by atoms with E-state index in [1.54, 1.807) is 6.92 Å². The lowest BCUT2D eigenvalue weighted by Gasteiger charge is -2.35. The number of rotatable bonds is 2. The number of hydrogen-bond acceptors (Lipinski definition) is 4. The molecule has 1 aliphatic rings. The smallest absolute Gasteiger partial charge is 0.243 e. The first-order valence-corrected chi connectivity index (χ1v) is 7.48. The zero-order valence-electron chi connectivity index (χ0n) is 10.7. The van der Waals surface area contributed by atoms with Crippen LogP contribution >= 0.6 is 0 Å². The summed E-state index contributed by atoms with van der Waals surface area (Å²) < 4.78 is 21.7. The third kappa shape index (κ3) is 2.68. The quantitative estimate of drug-likeness (QED) is 0.714. The molecule has 98 valence electrons. The summed E-state index contributed by atoms with van der Waals surface area (Å²) in [6.07, 6.45) is 1.37. The summed E-state index contributed by atoms with van der Waals surface area (Å²) >= 11 is 0. The van der Waals surface area contributed by atoms with E-state index in [1.807, 2.05) is 0 Å². The summed E-state index contributed by atoms with van der Waals surface area (Å²) in [7, 11) is -3.46. The van der Waals surface area contributed by atoms with Gasteiger partial charge in [0.25, 0.3) is 0 Å². The van der Waals surface area contributed by atoms with Gasteiger partial charge in [-0.3, -0.25) is 9.59 Å². The second-order valence-corrected chi connectivity index (χ2v) is 7.72. The zero-order chi connectivity index (χ0) is 13.4. The molecular weight excluding hydrogens is 242 g/mol. The van der Waals surface area contributed by atoms with Crippen molar-refractivity contribution in [3.8, 4) is 0 Å². The van der Waals surface area contributed by atoms with E-state index in [9.17, 15) is 18.0 Å². The van der Waals surface area contributed by atoms with Crippen molar-refractivity contribution in [1.29, 1.82) is 0 Å². The average molecular weight is 261 g/mol. The molecule has 1 amide bonds. The van der Waals surface area contributed by atoms with Crippen LogP contribution in [0.4, 0.5) is 0 Å². The fraction of sp³-hybridized carbons (Fsp3) is 0.818. The van der Waals surface area contributed by atoms with Crippen molar-refractivity contribution in [3.63, 3.8) is 0 Å². The molecule has 1 saturated heterocycles. The van der Waals surface area contributed by atoms with Crippen LogP contribution in [-0.2, 0) is 19.4 Å². The van der Waals surface area contributed by atoms with Crippen molar-refractivity contribution in [2.45, 2.75) is 31.9 Å². The topological polar surface area (TPSA) is 71.5 Å². The molecule has 1 aliphatic heterocycles. The minimum Gasteiger partial charge on any atom is -0.340 e. The Morgan fingerprint density at radius 3 is 2.35 bits per heavy atom. The molecule has 0 aliphatic carbocycles. The van der Waals surface area contributed by atoms with Crippen molar-refractivity contribution in [3.05, 3.63) is 0 Å². The van der Waals surface area contributed by atoms with Crippen molar-refractivity contribution in [1.82, 2.24) is 4.90 Å². The van der Waals surface area contributed by atoms with Crippen LogP contribution in [0.15, 0.2) is 0 Å². The number of Topliss-reactive ketones (excluding diaryl/α,β-unsaturated/α-hetero) is 1. The maximum atomic E-state index is 12.2. The number of nitrogens with zero attached hydrogens (tertiary/aromatic N) is 1. The number of sulfone groups is 1. The Morgan fingerprint density at radius 2 is 1.94 bits per heavy atom. The first kappa shape index (κ1) is 14.2. The molecule has 0 aromatic carbocycles. The maximum Gasteiger partial charge on any atom is 0.243 e. The van der Waals surface area contributed by atoms with Gasteiger partial charge in [0.05, 0.1) is 0 Å². The van der Waals surface area contributed by atoms with Gasteiger partial charge >= 0.3 is 0 Å². The lowest BCUT2D eigenvalue weighted by atomic mass is 9.97. The molecule has 0 aromatic heterocycles. The molecule has 17 heavy (non-hydrogen) atoms. The lowest BCUT2D eigenvalue weighted by molar-refractivity contribution is -0.138. The Kier molecular flexibility index (Phi) is 3.66. The van der Waals surface area contributed by atoms with Gasteiger partial charge < -0.3 is 4.90 Å². The van der Waals surface area contributed by atoms with Gasteiger partial charge in [-0.15, -0.1) is 0 Å². The van der Waals surface area contributed by atoms with Crippen molar-refractivity contribution >= 4 is 21.5 Å². The molecule has 1 fully saturated rings. The van der Waals surface area contributed by atoms with Crippen LogP contribution in [0.3, 0.4) is 0 Å². The standard InChI is InChI=1S/C11H19NO4S/c1-8-7-12(6-5-9(8)13)10(14)11(2,3)17(4,15)16/h8H,5-7H2,1-4H3. The van der Waals surface area contributed by atoms with Gasteiger partial charge in [-0.25, -0.2) is 8.42 Å². The molecule has 1 heterocycles. The Morgan fingerprint density at radius 1 is 1.41 bits per heavy atom. The molecule has 1 rings (SSSR count). The van der Waals surface area contributed by atoms with Gasteiger partial charge in [-0.1, -0.05) is 6.92 Å². The number of amides is 1. The molecule has 0 aromatic rings. The predicted molar refractivity (Wildman–Crippen MR) is 64.3 cm³/mol. The molecule has 0 N–H and O–H groups in total. The second kappa shape index (κ2) is 4.40. The number of piperidine rings is 1. The molecule has 0 bridgehead atoms. The highest BCUT2D eigenvalue weighted by atomic mass is 32.2. The number of hydrogen-bond donors (Lipinski definition) is 0. The SMILES string of the molecule is CC1CN(C(=O)C(C)(C)S(C)(=O)=O)CCC1=O. The number of ketones is 1. The Labute approximate surface area is 102 Å². The van der Waals surface area contributed by atoms with Crippen molar-refractivity contribution in [2.24, 2.45) is 5.92 Å². The number of carbonyl (C=O) groups is 2. The van der Waals surface area contributed by atoms with Gasteiger partial charge in [-0.2, -0.15) is 0 Å². The minimum atomic E-state index is -3.46. The third-order valence-electron chi connectivity index (χ3n) is 3.40. The summed E-state index contributed by atoms with van der Waals surface area (Å²) in [4.78, 5) is 25.0. The normalized spacial score (nSPS) is 22.7. The van der Waals surface area contributed by atoms with E-state index in [0.29, 0.717) is 19.5 Å². The van der Waals surface area contributed by atoms with Crippen LogP contribution in [0.5, 0.6) is 0 Å². The van der Waals surface area contributed by atoms with Crippen LogP contribution in [0.25, 0.3) is 0 Å². The second-order valence-electron chi connectivity index (χ2n) is 5.15. The third-order valence-corrected chi connectivity index (χ3v) is 5.43. The minimum absolute atomic E-state index is 0.131. The van der Waals surface area contributed by atoms with Crippen LogP contribution in [-0.4, -0.2) is 49.1 Å².